The van der Waals surface area contributed by atoms with Crippen molar-refractivity contribution in [2.75, 3.05) is 49.1 Å². The molecule has 3 aliphatic heterocycles. The van der Waals surface area contributed by atoms with Crippen molar-refractivity contribution < 1.29 is 13.9 Å². The maximum Gasteiger partial charge on any atom is 0.267 e. The number of aromatic nitrogens is 2. The quantitative estimate of drug-likeness (QED) is 0.342. The first-order valence-electron chi connectivity index (χ1n) is 13.0. The van der Waals surface area contributed by atoms with Crippen LogP contribution in [0.15, 0.2) is 52.3 Å². The summed E-state index contributed by atoms with van der Waals surface area (Å²) < 4.78 is 21.1. The number of hydrogen-bond acceptors (Lipinski definition) is 8. The van der Waals surface area contributed by atoms with E-state index in [1.807, 2.05) is 19.1 Å². The van der Waals surface area contributed by atoms with E-state index in [1.165, 1.54) is 28.3 Å². The average molecular weight is 566 g/mol. The summed E-state index contributed by atoms with van der Waals surface area (Å²) in [6.45, 7) is 5.65. The van der Waals surface area contributed by atoms with Crippen molar-refractivity contribution in [3.05, 3.63) is 74.8 Å². The molecular weight excluding hydrogens is 537 g/mol. The fourth-order valence-corrected chi connectivity index (χ4v) is 6.53. The van der Waals surface area contributed by atoms with Crippen LogP contribution in [-0.2, 0) is 9.53 Å². The van der Waals surface area contributed by atoms with E-state index in [-0.39, 0.29) is 23.4 Å². The predicted molar refractivity (Wildman–Crippen MR) is 156 cm³/mol. The first-order chi connectivity index (χ1) is 18.9. The molecule has 3 aliphatic rings. The van der Waals surface area contributed by atoms with E-state index in [0.29, 0.717) is 65.6 Å². The van der Waals surface area contributed by atoms with Gasteiger partial charge in [0.2, 0.25) is 0 Å². The largest absolute Gasteiger partial charge is 0.376 e. The zero-order valence-electron chi connectivity index (χ0n) is 21.5. The summed E-state index contributed by atoms with van der Waals surface area (Å²) in [5, 5.41) is 0. The topological polar surface area (TPSA) is 70.4 Å². The van der Waals surface area contributed by atoms with Crippen molar-refractivity contribution in [3.63, 3.8) is 0 Å². The molecule has 1 atom stereocenters. The zero-order chi connectivity index (χ0) is 27.1. The van der Waals surface area contributed by atoms with Crippen molar-refractivity contribution in [1.82, 2.24) is 14.3 Å². The number of fused-ring (bicyclic) bond motifs is 1. The number of benzene rings is 1. The lowest BCUT2D eigenvalue weighted by Gasteiger charge is -2.37. The van der Waals surface area contributed by atoms with Gasteiger partial charge in [-0.1, -0.05) is 30.0 Å². The van der Waals surface area contributed by atoms with Crippen LogP contribution in [-0.4, -0.2) is 69.9 Å². The number of amides is 1. The molecule has 8 nitrogen and oxygen atoms in total. The molecular formula is C28H28FN5O3S2. The van der Waals surface area contributed by atoms with Gasteiger partial charge in [0.25, 0.3) is 11.5 Å². The third-order valence-electron chi connectivity index (χ3n) is 7.39. The number of piperazine rings is 1. The molecule has 1 amide bonds. The highest BCUT2D eigenvalue weighted by atomic mass is 32.2. The minimum Gasteiger partial charge on any atom is -0.376 e. The third kappa shape index (κ3) is 5.06. The average Bonchev–Trinajstić information content (AvgIpc) is 3.55. The maximum atomic E-state index is 13.8. The lowest BCUT2D eigenvalue weighted by atomic mass is 10.2. The Morgan fingerprint density at radius 2 is 1.87 bits per heavy atom. The molecule has 1 unspecified atom stereocenters. The highest BCUT2D eigenvalue weighted by Gasteiger charge is 2.35. The minimum absolute atomic E-state index is 0.0178. The van der Waals surface area contributed by atoms with E-state index in [1.54, 1.807) is 29.3 Å². The maximum absolute atomic E-state index is 13.8. The predicted octanol–water partition coefficient (Wildman–Crippen LogP) is 3.85. The number of halogens is 1. The number of aryl methyl sites for hydroxylation is 1. The van der Waals surface area contributed by atoms with Crippen molar-refractivity contribution >= 4 is 57.4 Å². The molecule has 0 N–H and O–H groups in total. The van der Waals surface area contributed by atoms with Crippen molar-refractivity contribution in [3.8, 4) is 0 Å². The number of carbonyl (C=O) groups excluding carboxylic acids is 1. The lowest BCUT2D eigenvalue weighted by Crippen LogP contribution is -2.47. The number of thioether (sulfide) groups is 1. The molecule has 0 radical (unpaired) electrons. The van der Waals surface area contributed by atoms with Crippen LogP contribution in [0.1, 0.15) is 24.0 Å². The van der Waals surface area contributed by atoms with Gasteiger partial charge in [-0.2, -0.15) is 0 Å². The van der Waals surface area contributed by atoms with Crippen LogP contribution in [0.5, 0.6) is 0 Å². The smallest absolute Gasteiger partial charge is 0.267 e. The fraction of sp³-hybridized carbons (Fsp3) is 0.357. The number of pyridine rings is 1. The second kappa shape index (κ2) is 10.7. The van der Waals surface area contributed by atoms with Crippen LogP contribution in [0.4, 0.5) is 15.9 Å². The van der Waals surface area contributed by atoms with Crippen molar-refractivity contribution in [2.45, 2.75) is 25.9 Å². The zero-order valence-corrected chi connectivity index (χ0v) is 23.1. The number of carbonyl (C=O) groups is 1. The molecule has 0 aliphatic carbocycles. The molecule has 2 aromatic heterocycles. The summed E-state index contributed by atoms with van der Waals surface area (Å²) >= 11 is 6.74. The first kappa shape index (κ1) is 26.0. The second-order valence-electron chi connectivity index (χ2n) is 9.92. The Kier molecular flexibility index (Phi) is 7.13. The summed E-state index contributed by atoms with van der Waals surface area (Å²) in [5.74, 6) is 0.0817. The molecule has 39 heavy (non-hydrogen) atoms. The highest BCUT2D eigenvalue weighted by molar-refractivity contribution is 8.26. The fourth-order valence-electron chi connectivity index (χ4n) is 5.28. The van der Waals surface area contributed by atoms with Gasteiger partial charge >= 0.3 is 0 Å². The summed E-state index contributed by atoms with van der Waals surface area (Å²) in [4.78, 5) is 38.4. The van der Waals surface area contributed by atoms with E-state index in [0.717, 1.165) is 24.1 Å². The van der Waals surface area contributed by atoms with Crippen LogP contribution >= 0.6 is 24.0 Å². The monoisotopic (exact) mass is 565 g/mol. The number of hydrogen-bond donors (Lipinski definition) is 0. The molecule has 0 bridgehead atoms. The van der Waals surface area contributed by atoms with E-state index < -0.39 is 0 Å². The van der Waals surface area contributed by atoms with Gasteiger partial charge in [-0.05, 0) is 61.7 Å². The Balaban J connectivity index is 1.34. The van der Waals surface area contributed by atoms with Gasteiger partial charge in [-0.25, -0.2) is 9.37 Å². The Hall–Kier alpha value is -3.28. The van der Waals surface area contributed by atoms with Gasteiger partial charge < -0.3 is 14.5 Å². The summed E-state index contributed by atoms with van der Waals surface area (Å²) in [6, 6.07) is 10.2. The SMILES string of the molecule is Cc1cccn2c(=O)c(/C=C3\SC(=S)N(CC4CCCO4)C3=O)c(N3CCN(c4ccc(F)cc4)CC3)nc12. The standard InChI is InChI=1S/C28H28FN5O3S2/c1-18-4-2-10-33-24(18)30-25(32-13-11-31(12-14-32)20-8-6-19(29)7-9-20)22(26(33)35)16-23-27(36)34(28(38)39-23)17-21-5-3-15-37-21/h2,4,6-10,16,21H,3,5,11-15,17H2,1H3/b23-16-. The molecule has 1 aromatic carbocycles. The van der Waals surface area contributed by atoms with Gasteiger partial charge in [0.15, 0.2) is 0 Å². The molecule has 11 heteroatoms. The third-order valence-corrected chi connectivity index (χ3v) is 8.77. The Bertz CT molecular complexity index is 1530. The Morgan fingerprint density at radius 1 is 1.13 bits per heavy atom. The van der Waals surface area contributed by atoms with Crippen molar-refractivity contribution in [2.24, 2.45) is 0 Å². The van der Waals surface area contributed by atoms with Crippen LogP contribution in [0, 0.1) is 12.7 Å². The summed E-state index contributed by atoms with van der Waals surface area (Å²) in [5.41, 5.74) is 2.56. The molecule has 0 spiro atoms. The van der Waals surface area contributed by atoms with Crippen LogP contribution in [0.2, 0.25) is 0 Å². The Morgan fingerprint density at radius 3 is 2.59 bits per heavy atom. The van der Waals surface area contributed by atoms with Crippen molar-refractivity contribution in [1.29, 1.82) is 0 Å². The molecule has 3 aromatic rings. The van der Waals surface area contributed by atoms with Crippen LogP contribution < -0.4 is 15.4 Å². The molecule has 0 saturated carbocycles. The molecule has 3 saturated heterocycles. The molecule has 6 rings (SSSR count). The highest BCUT2D eigenvalue weighted by Crippen LogP contribution is 2.34. The van der Waals surface area contributed by atoms with Gasteiger partial charge in [0.1, 0.15) is 21.6 Å². The Labute approximate surface area is 235 Å². The van der Waals surface area contributed by atoms with E-state index in [4.69, 9.17) is 21.9 Å². The minimum atomic E-state index is -0.264. The number of thiocarbonyl (C=S) groups is 1. The van der Waals surface area contributed by atoms with Gasteiger partial charge in [-0.3, -0.25) is 18.9 Å². The molecule has 5 heterocycles. The van der Waals surface area contributed by atoms with Gasteiger partial charge in [0.05, 0.1) is 23.1 Å². The van der Waals surface area contributed by atoms with Gasteiger partial charge in [0, 0.05) is 44.7 Å². The normalized spacial score (nSPS) is 21.1. The number of anilines is 2. The van der Waals surface area contributed by atoms with E-state index >= 15 is 0 Å². The first-order valence-corrected chi connectivity index (χ1v) is 14.3. The number of ether oxygens (including phenoxy) is 1. The number of rotatable bonds is 5. The van der Waals surface area contributed by atoms with Gasteiger partial charge in [-0.15, -0.1) is 0 Å². The lowest BCUT2D eigenvalue weighted by molar-refractivity contribution is -0.123. The molecule has 3 fully saturated rings. The molecule has 202 valence electrons. The number of nitrogens with zero attached hydrogens (tertiary/aromatic N) is 5. The second-order valence-corrected chi connectivity index (χ2v) is 11.6. The summed E-state index contributed by atoms with van der Waals surface area (Å²) in [6.07, 6.45) is 5.22. The van der Waals surface area contributed by atoms with E-state index in [9.17, 15) is 14.0 Å². The van der Waals surface area contributed by atoms with E-state index in [2.05, 4.69) is 9.80 Å². The summed E-state index contributed by atoms with van der Waals surface area (Å²) in [7, 11) is 0. The van der Waals surface area contributed by atoms with Crippen LogP contribution in [0.3, 0.4) is 0 Å². The van der Waals surface area contributed by atoms with Crippen LogP contribution in [0.25, 0.3) is 11.7 Å².